The summed E-state index contributed by atoms with van der Waals surface area (Å²) in [7, 11) is 0. The molecule has 0 saturated carbocycles. The summed E-state index contributed by atoms with van der Waals surface area (Å²) in [6.45, 7) is 7.99. The number of rotatable bonds is 0. The third-order valence-electron chi connectivity index (χ3n) is 3.91. The summed E-state index contributed by atoms with van der Waals surface area (Å²) in [5.41, 5.74) is 0. The molecule has 0 aromatic rings. The monoisotopic (exact) mass is 210 g/mol. The van der Waals surface area contributed by atoms with Crippen LogP contribution < -0.4 is 0 Å². The highest BCUT2D eigenvalue weighted by Gasteiger charge is 2.15. The zero-order chi connectivity index (χ0) is 10.3. The van der Waals surface area contributed by atoms with Gasteiger partial charge in [0.1, 0.15) is 0 Å². The summed E-state index contributed by atoms with van der Waals surface area (Å²) in [5.74, 6) is 0. The van der Waals surface area contributed by atoms with E-state index in [4.69, 9.17) is 0 Å². The normalized spacial score (nSPS) is 35.2. The van der Waals surface area contributed by atoms with Crippen molar-refractivity contribution in [2.45, 2.75) is 44.9 Å². The Labute approximate surface area is 94.6 Å². The first kappa shape index (κ1) is 11.4. The van der Waals surface area contributed by atoms with Gasteiger partial charge in [-0.05, 0) is 25.9 Å². The molecule has 0 N–H and O–H groups in total. The molecule has 2 bridgehead atoms. The second-order valence-corrected chi connectivity index (χ2v) is 5.16. The van der Waals surface area contributed by atoms with Crippen molar-refractivity contribution in [3.05, 3.63) is 0 Å². The van der Waals surface area contributed by atoms with Crippen LogP contribution in [0.3, 0.4) is 0 Å². The molecule has 3 rings (SSSR count). The average molecular weight is 210 g/mol. The van der Waals surface area contributed by atoms with Crippen molar-refractivity contribution in [3.63, 3.8) is 0 Å². The van der Waals surface area contributed by atoms with Gasteiger partial charge in [-0.2, -0.15) is 0 Å². The Morgan fingerprint density at radius 3 is 1.07 bits per heavy atom. The van der Waals surface area contributed by atoms with Gasteiger partial charge < -0.3 is 9.80 Å². The summed E-state index contributed by atoms with van der Waals surface area (Å²) in [6, 6.07) is 0. The molecule has 0 spiro atoms. The van der Waals surface area contributed by atoms with E-state index >= 15 is 0 Å². The van der Waals surface area contributed by atoms with E-state index < -0.39 is 0 Å². The van der Waals surface area contributed by atoms with E-state index in [2.05, 4.69) is 9.80 Å². The van der Waals surface area contributed by atoms with Crippen LogP contribution in [-0.2, 0) is 0 Å². The molecular formula is C13H26N2. The zero-order valence-corrected chi connectivity index (χ0v) is 10.1. The first-order valence-corrected chi connectivity index (χ1v) is 6.90. The molecule has 0 aromatic heterocycles. The first-order chi connectivity index (χ1) is 7.45. The second-order valence-electron chi connectivity index (χ2n) is 5.16. The van der Waals surface area contributed by atoms with Crippen LogP contribution in [0.5, 0.6) is 0 Å². The van der Waals surface area contributed by atoms with Gasteiger partial charge in [-0.1, -0.05) is 32.1 Å². The average Bonchev–Trinajstić information content (AvgIpc) is 2.31. The molecular weight excluding hydrogens is 184 g/mol. The van der Waals surface area contributed by atoms with Gasteiger partial charge in [0.25, 0.3) is 0 Å². The molecule has 3 fully saturated rings. The molecule has 15 heavy (non-hydrogen) atoms. The van der Waals surface area contributed by atoms with E-state index in [1.54, 1.807) is 0 Å². The molecule has 0 unspecified atom stereocenters. The van der Waals surface area contributed by atoms with Crippen LogP contribution in [0.25, 0.3) is 0 Å². The fraction of sp³-hybridized carbons (Fsp3) is 1.00. The lowest BCUT2D eigenvalue weighted by molar-refractivity contribution is 0.130. The fourth-order valence-corrected chi connectivity index (χ4v) is 2.79. The highest BCUT2D eigenvalue weighted by atomic mass is 15.3. The quantitative estimate of drug-likeness (QED) is 0.605. The number of nitrogens with zero attached hydrogens (tertiary/aromatic N) is 2. The van der Waals surface area contributed by atoms with Crippen molar-refractivity contribution in [3.8, 4) is 0 Å². The number of hydrogen-bond acceptors (Lipinski definition) is 2. The Hall–Kier alpha value is -0.0800. The number of piperazine rings is 1. The highest BCUT2D eigenvalue weighted by molar-refractivity contribution is 4.72. The second kappa shape index (κ2) is 6.49. The molecule has 0 radical (unpaired) electrons. The molecule has 0 aromatic carbocycles. The standard InChI is InChI=1S/C13H26N2/c1-2-4-6-8-14-10-12-15(13-11-14)9-7-5-3-1/h1-13H2. The van der Waals surface area contributed by atoms with E-state index in [0.717, 1.165) is 0 Å². The zero-order valence-electron chi connectivity index (χ0n) is 10.1. The molecule has 0 amide bonds. The van der Waals surface area contributed by atoms with Crippen LogP contribution in [0, 0.1) is 0 Å². The SMILES string of the molecule is C1CCCCN2CCN(CCCC1)CC2. The van der Waals surface area contributed by atoms with Gasteiger partial charge in [0.15, 0.2) is 0 Å². The summed E-state index contributed by atoms with van der Waals surface area (Å²) in [6.07, 6.45) is 10.2. The Bertz CT molecular complexity index is 138. The van der Waals surface area contributed by atoms with Crippen molar-refractivity contribution < 1.29 is 0 Å². The van der Waals surface area contributed by atoms with Crippen LogP contribution in [0.4, 0.5) is 0 Å². The van der Waals surface area contributed by atoms with E-state index in [-0.39, 0.29) is 0 Å². The first-order valence-electron chi connectivity index (χ1n) is 6.90. The van der Waals surface area contributed by atoms with Crippen molar-refractivity contribution in [2.24, 2.45) is 0 Å². The predicted octanol–water partition coefficient (Wildman–Crippen LogP) is 2.35. The lowest BCUT2D eigenvalue weighted by atomic mass is 10.1. The minimum Gasteiger partial charge on any atom is -0.301 e. The van der Waals surface area contributed by atoms with Crippen LogP contribution in [0.2, 0.25) is 0 Å². The van der Waals surface area contributed by atoms with Gasteiger partial charge >= 0.3 is 0 Å². The van der Waals surface area contributed by atoms with Gasteiger partial charge in [0.2, 0.25) is 0 Å². The van der Waals surface area contributed by atoms with Crippen molar-refractivity contribution in [2.75, 3.05) is 39.3 Å². The fourth-order valence-electron chi connectivity index (χ4n) is 2.79. The summed E-state index contributed by atoms with van der Waals surface area (Å²) < 4.78 is 0. The van der Waals surface area contributed by atoms with Gasteiger partial charge in [-0.15, -0.1) is 0 Å². The minimum absolute atomic E-state index is 1.32. The largest absolute Gasteiger partial charge is 0.301 e. The summed E-state index contributed by atoms with van der Waals surface area (Å²) in [5, 5.41) is 0. The van der Waals surface area contributed by atoms with Crippen molar-refractivity contribution in [1.82, 2.24) is 9.80 Å². The Balaban J connectivity index is 1.76. The maximum absolute atomic E-state index is 2.66. The molecule has 3 saturated heterocycles. The molecule has 88 valence electrons. The smallest absolute Gasteiger partial charge is 0.0110 e. The van der Waals surface area contributed by atoms with Crippen LogP contribution in [0.1, 0.15) is 44.9 Å². The number of fused-ring (bicyclic) bond motifs is 10. The third kappa shape index (κ3) is 4.12. The maximum atomic E-state index is 2.66. The minimum atomic E-state index is 1.32. The van der Waals surface area contributed by atoms with Gasteiger partial charge in [0.05, 0.1) is 0 Å². The number of hydrogen-bond donors (Lipinski definition) is 0. The summed E-state index contributed by atoms with van der Waals surface area (Å²) >= 11 is 0. The Morgan fingerprint density at radius 1 is 0.333 bits per heavy atom. The predicted molar refractivity (Wildman–Crippen MR) is 65.2 cm³/mol. The van der Waals surface area contributed by atoms with Gasteiger partial charge in [0, 0.05) is 26.2 Å². The molecule has 2 heteroatoms. The van der Waals surface area contributed by atoms with Crippen LogP contribution in [-0.4, -0.2) is 49.1 Å². The van der Waals surface area contributed by atoms with Gasteiger partial charge in [-0.3, -0.25) is 0 Å². The molecule has 0 atom stereocenters. The molecule has 2 nitrogen and oxygen atoms in total. The van der Waals surface area contributed by atoms with Crippen molar-refractivity contribution >= 4 is 0 Å². The maximum Gasteiger partial charge on any atom is 0.0110 e. The van der Waals surface area contributed by atoms with E-state index in [1.165, 1.54) is 84.2 Å². The van der Waals surface area contributed by atoms with E-state index in [9.17, 15) is 0 Å². The highest BCUT2D eigenvalue weighted by Crippen LogP contribution is 2.12. The lowest BCUT2D eigenvalue weighted by Gasteiger charge is -2.34. The summed E-state index contributed by atoms with van der Waals surface area (Å²) in [4.78, 5) is 5.32. The molecule has 3 aliphatic rings. The van der Waals surface area contributed by atoms with Gasteiger partial charge in [-0.25, -0.2) is 0 Å². The van der Waals surface area contributed by atoms with E-state index in [0.29, 0.717) is 0 Å². The molecule has 3 heterocycles. The Morgan fingerprint density at radius 2 is 0.667 bits per heavy atom. The third-order valence-corrected chi connectivity index (χ3v) is 3.91. The Kier molecular flexibility index (Phi) is 4.94. The topological polar surface area (TPSA) is 6.48 Å². The van der Waals surface area contributed by atoms with Crippen LogP contribution >= 0.6 is 0 Å². The van der Waals surface area contributed by atoms with Crippen LogP contribution in [0.15, 0.2) is 0 Å². The van der Waals surface area contributed by atoms with Crippen molar-refractivity contribution in [1.29, 1.82) is 0 Å². The molecule has 0 aliphatic carbocycles. The van der Waals surface area contributed by atoms with E-state index in [1.807, 2.05) is 0 Å². The molecule has 3 aliphatic heterocycles. The lowest BCUT2D eigenvalue weighted by Crippen LogP contribution is -2.46.